The van der Waals surface area contributed by atoms with Crippen LogP contribution in [-0.4, -0.2) is 6.54 Å². The van der Waals surface area contributed by atoms with Crippen molar-refractivity contribution in [2.45, 2.75) is 65.7 Å². The molecule has 4 bridgehead atoms. The third-order valence-corrected chi connectivity index (χ3v) is 6.90. The van der Waals surface area contributed by atoms with E-state index in [1.807, 2.05) is 0 Å². The summed E-state index contributed by atoms with van der Waals surface area (Å²) in [6, 6.07) is 0. The minimum Gasteiger partial charge on any atom is -0.330 e. The molecule has 4 saturated carbocycles. The normalized spacial score (nSPS) is 51.7. The highest BCUT2D eigenvalue weighted by Crippen LogP contribution is 2.69. The lowest BCUT2D eigenvalue weighted by Gasteiger charge is -2.66. The molecular weight excluding hydrogens is 218 g/mol. The summed E-state index contributed by atoms with van der Waals surface area (Å²) in [6.07, 6.45) is 10.2. The van der Waals surface area contributed by atoms with Gasteiger partial charge in [-0.1, -0.05) is 27.2 Å². The Bertz CT molecular complexity index is 306. The van der Waals surface area contributed by atoms with Gasteiger partial charge in [0.25, 0.3) is 0 Å². The topological polar surface area (TPSA) is 26.0 Å². The Morgan fingerprint density at radius 1 is 1.17 bits per heavy atom. The summed E-state index contributed by atoms with van der Waals surface area (Å²) in [5.74, 6) is 3.83. The number of hydrogen-bond donors (Lipinski definition) is 1. The van der Waals surface area contributed by atoms with Gasteiger partial charge in [0.15, 0.2) is 0 Å². The van der Waals surface area contributed by atoms with E-state index in [-0.39, 0.29) is 0 Å². The highest BCUT2D eigenvalue weighted by molar-refractivity contribution is 5.10. The van der Waals surface area contributed by atoms with Crippen molar-refractivity contribution in [2.75, 3.05) is 6.54 Å². The average molecular weight is 249 g/mol. The molecule has 0 aliphatic heterocycles. The molecular formula is C17H31N. The van der Waals surface area contributed by atoms with Crippen molar-refractivity contribution in [3.63, 3.8) is 0 Å². The second-order valence-corrected chi connectivity index (χ2v) is 8.27. The van der Waals surface area contributed by atoms with Crippen molar-refractivity contribution in [1.82, 2.24) is 0 Å². The minimum absolute atomic E-state index is 0.637. The quantitative estimate of drug-likeness (QED) is 0.793. The van der Waals surface area contributed by atoms with E-state index in [1.165, 1.54) is 44.9 Å². The van der Waals surface area contributed by atoms with E-state index in [0.29, 0.717) is 10.8 Å². The molecule has 3 unspecified atom stereocenters. The molecule has 3 atom stereocenters. The van der Waals surface area contributed by atoms with Crippen LogP contribution < -0.4 is 5.73 Å². The first-order chi connectivity index (χ1) is 8.52. The Morgan fingerprint density at radius 2 is 1.78 bits per heavy atom. The SMILES string of the molecule is CCCC(CN)C12CC3CC(C)(CC(C1)C3C)C2. The van der Waals surface area contributed by atoms with Crippen LogP contribution in [0.3, 0.4) is 0 Å². The Labute approximate surface area is 113 Å². The molecule has 0 aromatic heterocycles. The van der Waals surface area contributed by atoms with Gasteiger partial charge in [0.05, 0.1) is 0 Å². The van der Waals surface area contributed by atoms with E-state index in [1.54, 1.807) is 0 Å². The van der Waals surface area contributed by atoms with E-state index in [2.05, 4.69) is 20.8 Å². The molecule has 1 nitrogen and oxygen atoms in total. The molecule has 0 aromatic rings. The predicted molar refractivity (Wildman–Crippen MR) is 77.2 cm³/mol. The zero-order valence-corrected chi connectivity index (χ0v) is 12.5. The molecule has 0 aromatic carbocycles. The zero-order valence-electron chi connectivity index (χ0n) is 12.5. The van der Waals surface area contributed by atoms with E-state index >= 15 is 0 Å². The zero-order chi connectivity index (χ0) is 13.0. The van der Waals surface area contributed by atoms with Crippen LogP contribution in [-0.2, 0) is 0 Å². The molecule has 4 aliphatic rings. The maximum atomic E-state index is 6.16. The summed E-state index contributed by atoms with van der Waals surface area (Å²) in [7, 11) is 0. The van der Waals surface area contributed by atoms with Gasteiger partial charge in [0.1, 0.15) is 0 Å². The predicted octanol–water partition coefficient (Wildman–Crippen LogP) is 4.21. The van der Waals surface area contributed by atoms with Crippen molar-refractivity contribution >= 4 is 0 Å². The van der Waals surface area contributed by atoms with Crippen molar-refractivity contribution in [3.8, 4) is 0 Å². The molecule has 0 heterocycles. The Morgan fingerprint density at radius 3 is 2.28 bits per heavy atom. The van der Waals surface area contributed by atoms with Gasteiger partial charge >= 0.3 is 0 Å². The minimum atomic E-state index is 0.637. The number of hydrogen-bond acceptors (Lipinski definition) is 1. The number of nitrogens with two attached hydrogens (primary N) is 1. The summed E-state index contributed by atoms with van der Waals surface area (Å²) < 4.78 is 0. The molecule has 1 heteroatoms. The van der Waals surface area contributed by atoms with Crippen LogP contribution in [0.25, 0.3) is 0 Å². The molecule has 4 fully saturated rings. The lowest BCUT2D eigenvalue weighted by atomic mass is 9.39. The first-order valence-electron chi connectivity index (χ1n) is 8.22. The largest absolute Gasteiger partial charge is 0.330 e. The highest BCUT2D eigenvalue weighted by Gasteiger charge is 2.59. The van der Waals surface area contributed by atoms with Crippen molar-refractivity contribution in [3.05, 3.63) is 0 Å². The van der Waals surface area contributed by atoms with Crippen LogP contribution in [0, 0.1) is 34.5 Å². The van der Waals surface area contributed by atoms with Gasteiger partial charge in [-0.3, -0.25) is 0 Å². The molecule has 4 aliphatic carbocycles. The summed E-state index contributed by atoms with van der Waals surface area (Å²) in [4.78, 5) is 0. The van der Waals surface area contributed by atoms with E-state index < -0.39 is 0 Å². The van der Waals surface area contributed by atoms with Crippen LogP contribution in [0.2, 0.25) is 0 Å². The van der Waals surface area contributed by atoms with Gasteiger partial charge < -0.3 is 5.73 Å². The second kappa shape index (κ2) is 4.23. The molecule has 18 heavy (non-hydrogen) atoms. The molecule has 0 amide bonds. The third kappa shape index (κ3) is 1.77. The van der Waals surface area contributed by atoms with Crippen LogP contribution in [0.1, 0.15) is 65.7 Å². The van der Waals surface area contributed by atoms with Gasteiger partial charge in [-0.25, -0.2) is 0 Å². The molecule has 104 valence electrons. The lowest BCUT2D eigenvalue weighted by Crippen LogP contribution is -2.57. The summed E-state index contributed by atoms with van der Waals surface area (Å²) in [5, 5.41) is 0. The van der Waals surface area contributed by atoms with Crippen molar-refractivity contribution < 1.29 is 0 Å². The summed E-state index contributed by atoms with van der Waals surface area (Å²) in [5.41, 5.74) is 7.46. The third-order valence-electron chi connectivity index (χ3n) is 6.90. The summed E-state index contributed by atoms with van der Waals surface area (Å²) >= 11 is 0. The fraction of sp³-hybridized carbons (Fsp3) is 1.00. The molecule has 2 N–H and O–H groups in total. The van der Waals surface area contributed by atoms with Gasteiger partial charge in [0, 0.05) is 0 Å². The second-order valence-electron chi connectivity index (χ2n) is 8.27. The molecule has 0 spiro atoms. The van der Waals surface area contributed by atoms with Gasteiger partial charge in [-0.15, -0.1) is 0 Å². The maximum absolute atomic E-state index is 6.16. The Hall–Kier alpha value is -0.0400. The van der Waals surface area contributed by atoms with Gasteiger partial charge in [0.2, 0.25) is 0 Å². The molecule has 0 saturated heterocycles. The fourth-order valence-corrected chi connectivity index (χ4v) is 6.39. The lowest BCUT2D eigenvalue weighted by molar-refractivity contribution is -0.156. The first-order valence-corrected chi connectivity index (χ1v) is 8.22. The first kappa shape index (κ1) is 13.0. The van der Waals surface area contributed by atoms with Crippen LogP contribution in [0.15, 0.2) is 0 Å². The molecule has 4 rings (SSSR count). The van der Waals surface area contributed by atoms with E-state index in [4.69, 9.17) is 5.73 Å². The van der Waals surface area contributed by atoms with Crippen molar-refractivity contribution in [1.29, 1.82) is 0 Å². The van der Waals surface area contributed by atoms with Crippen molar-refractivity contribution in [2.24, 2.45) is 40.2 Å². The van der Waals surface area contributed by atoms with Crippen LogP contribution in [0.5, 0.6) is 0 Å². The Balaban J connectivity index is 1.89. The highest BCUT2D eigenvalue weighted by atomic mass is 14.7. The van der Waals surface area contributed by atoms with E-state index in [0.717, 1.165) is 30.2 Å². The smallest absolute Gasteiger partial charge is 0.00435 e. The van der Waals surface area contributed by atoms with Crippen LogP contribution >= 0.6 is 0 Å². The van der Waals surface area contributed by atoms with Crippen LogP contribution in [0.4, 0.5) is 0 Å². The fourth-order valence-electron chi connectivity index (χ4n) is 6.39. The summed E-state index contributed by atoms with van der Waals surface area (Å²) in [6.45, 7) is 8.36. The molecule has 0 radical (unpaired) electrons. The monoisotopic (exact) mass is 249 g/mol. The number of rotatable bonds is 4. The van der Waals surface area contributed by atoms with E-state index in [9.17, 15) is 0 Å². The Kier molecular flexibility index (Phi) is 3.05. The van der Waals surface area contributed by atoms with Gasteiger partial charge in [-0.05, 0) is 79.6 Å². The maximum Gasteiger partial charge on any atom is -0.00435 e. The van der Waals surface area contributed by atoms with Gasteiger partial charge in [-0.2, -0.15) is 0 Å². The standard InChI is InChI=1S/C17H31N/c1-4-5-15(10-18)17-8-13-6-16(3,11-17)7-14(9-17)12(13)2/h12-15H,4-11,18H2,1-3H3. The average Bonchev–Trinajstić information content (AvgIpc) is 2.30.